The van der Waals surface area contributed by atoms with Crippen LogP contribution in [0.2, 0.25) is 0 Å². The largest absolute Gasteiger partial charge is 0.379 e. The van der Waals surface area contributed by atoms with Crippen LogP contribution in [0.3, 0.4) is 0 Å². The summed E-state index contributed by atoms with van der Waals surface area (Å²) in [6, 6.07) is 1.35. The van der Waals surface area contributed by atoms with Crippen molar-refractivity contribution in [2.45, 2.75) is 19.8 Å². The van der Waals surface area contributed by atoms with Gasteiger partial charge in [0.15, 0.2) is 10.8 Å². The Balaban J connectivity index is 1.97. The second-order valence-corrected chi connectivity index (χ2v) is 6.08. The summed E-state index contributed by atoms with van der Waals surface area (Å²) in [4.78, 5) is 24.1. The van der Waals surface area contributed by atoms with E-state index in [0.717, 1.165) is 17.9 Å². The van der Waals surface area contributed by atoms with E-state index in [-0.39, 0.29) is 11.5 Å². The van der Waals surface area contributed by atoms with Crippen LogP contribution in [0, 0.1) is 16.0 Å². The minimum absolute atomic E-state index is 0.00936. The number of Topliss-reactive ketones (excluding diaryl/α,β-unsaturated/α-hetero) is 1. The van der Waals surface area contributed by atoms with Gasteiger partial charge >= 0.3 is 5.69 Å². The van der Waals surface area contributed by atoms with Crippen molar-refractivity contribution in [3.63, 3.8) is 0 Å². The summed E-state index contributed by atoms with van der Waals surface area (Å²) >= 11 is 1.16. The minimum Gasteiger partial charge on any atom is -0.379 e. The zero-order chi connectivity index (χ0) is 14.7. The van der Waals surface area contributed by atoms with Crippen LogP contribution >= 0.6 is 11.3 Å². The number of ketones is 1. The van der Waals surface area contributed by atoms with Crippen LogP contribution in [-0.2, 0) is 4.74 Å². The van der Waals surface area contributed by atoms with Crippen molar-refractivity contribution in [3.05, 3.63) is 21.1 Å². The first-order valence-electron chi connectivity index (χ1n) is 6.57. The number of ether oxygens (including phenoxy) is 1. The molecule has 0 atom stereocenters. The zero-order valence-electron chi connectivity index (χ0n) is 11.6. The molecule has 0 aromatic carbocycles. The third kappa shape index (κ3) is 3.77. The lowest BCUT2D eigenvalue weighted by atomic mass is 10.3. The molecule has 0 radical (unpaired) electrons. The van der Waals surface area contributed by atoms with Gasteiger partial charge in [-0.2, -0.15) is 0 Å². The van der Waals surface area contributed by atoms with Gasteiger partial charge in [-0.1, -0.05) is 0 Å². The van der Waals surface area contributed by atoms with Crippen LogP contribution in [0.15, 0.2) is 6.07 Å². The van der Waals surface area contributed by atoms with E-state index >= 15 is 0 Å². The molecule has 0 saturated heterocycles. The van der Waals surface area contributed by atoms with Crippen LogP contribution < -0.4 is 4.90 Å². The van der Waals surface area contributed by atoms with Gasteiger partial charge in [-0.3, -0.25) is 14.9 Å². The van der Waals surface area contributed by atoms with Crippen molar-refractivity contribution in [1.29, 1.82) is 0 Å². The molecule has 1 aromatic heterocycles. The number of carbonyl (C=O) groups is 1. The SMILES string of the molecule is CC(=O)c1cc([N+](=O)[O-])c(N(C)CCOCC2CC2)s1. The summed E-state index contributed by atoms with van der Waals surface area (Å²) in [5, 5.41) is 11.5. The lowest BCUT2D eigenvalue weighted by Gasteiger charge is -2.16. The normalized spacial score (nSPS) is 14.3. The highest BCUT2D eigenvalue weighted by molar-refractivity contribution is 7.18. The fourth-order valence-electron chi connectivity index (χ4n) is 1.79. The Labute approximate surface area is 121 Å². The summed E-state index contributed by atoms with van der Waals surface area (Å²) in [5.74, 6) is 0.559. The summed E-state index contributed by atoms with van der Waals surface area (Å²) < 4.78 is 5.53. The molecule has 0 N–H and O–H groups in total. The third-order valence-electron chi connectivity index (χ3n) is 3.21. The smallest absolute Gasteiger partial charge is 0.304 e. The first-order valence-corrected chi connectivity index (χ1v) is 7.38. The first-order chi connectivity index (χ1) is 9.49. The predicted octanol–water partition coefficient (Wildman–Crippen LogP) is 2.72. The Bertz CT molecular complexity index is 510. The second-order valence-electron chi connectivity index (χ2n) is 5.05. The average molecular weight is 298 g/mol. The highest BCUT2D eigenvalue weighted by Gasteiger charge is 2.24. The van der Waals surface area contributed by atoms with E-state index in [9.17, 15) is 14.9 Å². The van der Waals surface area contributed by atoms with Gasteiger partial charge < -0.3 is 9.64 Å². The predicted molar refractivity (Wildman–Crippen MR) is 77.8 cm³/mol. The molecule has 1 heterocycles. The molecule has 0 unspecified atom stereocenters. The molecule has 20 heavy (non-hydrogen) atoms. The zero-order valence-corrected chi connectivity index (χ0v) is 12.4. The second kappa shape index (κ2) is 6.32. The van der Waals surface area contributed by atoms with E-state index in [1.807, 2.05) is 0 Å². The van der Waals surface area contributed by atoms with Gasteiger partial charge in [0.25, 0.3) is 0 Å². The molecule has 0 aliphatic heterocycles. The molecule has 7 heteroatoms. The molecule has 1 saturated carbocycles. The average Bonchev–Trinajstić information content (AvgIpc) is 3.08. The Hall–Kier alpha value is -1.47. The van der Waals surface area contributed by atoms with Gasteiger partial charge in [-0.05, 0) is 25.7 Å². The van der Waals surface area contributed by atoms with Gasteiger partial charge in [0.2, 0.25) is 0 Å². The molecule has 1 aliphatic rings. The van der Waals surface area contributed by atoms with Gasteiger partial charge in [-0.25, -0.2) is 0 Å². The molecule has 1 aromatic rings. The van der Waals surface area contributed by atoms with Crippen molar-refractivity contribution >= 4 is 27.8 Å². The van der Waals surface area contributed by atoms with Crippen molar-refractivity contribution in [2.24, 2.45) is 5.92 Å². The molecule has 110 valence electrons. The van der Waals surface area contributed by atoms with Crippen molar-refractivity contribution in [2.75, 3.05) is 31.7 Å². The minimum atomic E-state index is -0.445. The Morgan fingerprint density at radius 2 is 2.30 bits per heavy atom. The van der Waals surface area contributed by atoms with Crippen LogP contribution in [0.5, 0.6) is 0 Å². The van der Waals surface area contributed by atoms with E-state index < -0.39 is 4.92 Å². The van der Waals surface area contributed by atoms with Crippen LogP contribution in [-0.4, -0.2) is 37.5 Å². The maximum Gasteiger partial charge on any atom is 0.304 e. The number of anilines is 1. The quantitative estimate of drug-likeness (QED) is 0.319. The van der Waals surface area contributed by atoms with Crippen molar-refractivity contribution in [1.82, 2.24) is 0 Å². The Morgan fingerprint density at radius 1 is 1.60 bits per heavy atom. The van der Waals surface area contributed by atoms with E-state index in [4.69, 9.17) is 4.74 Å². The number of carbonyl (C=O) groups excluding carboxylic acids is 1. The van der Waals surface area contributed by atoms with Crippen molar-refractivity contribution in [3.8, 4) is 0 Å². The van der Waals surface area contributed by atoms with Gasteiger partial charge in [-0.15, -0.1) is 11.3 Å². The standard InChI is InChI=1S/C13H18N2O4S/c1-9(16)12-7-11(15(17)18)13(20-12)14(2)5-6-19-8-10-3-4-10/h7,10H,3-6,8H2,1-2H3. The topological polar surface area (TPSA) is 72.7 Å². The highest BCUT2D eigenvalue weighted by Crippen LogP contribution is 2.37. The fourth-order valence-corrected chi connectivity index (χ4v) is 2.79. The van der Waals surface area contributed by atoms with Gasteiger partial charge in [0, 0.05) is 26.3 Å². The lowest BCUT2D eigenvalue weighted by Crippen LogP contribution is -2.22. The molecule has 0 spiro atoms. The number of hydrogen-bond donors (Lipinski definition) is 0. The maximum atomic E-state index is 11.3. The number of likely N-dealkylation sites (N-methyl/N-ethyl adjacent to an activating group) is 1. The monoisotopic (exact) mass is 298 g/mol. The Kier molecular flexibility index (Phi) is 4.72. The number of nitro groups is 1. The van der Waals surface area contributed by atoms with E-state index in [1.54, 1.807) is 11.9 Å². The van der Waals surface area contributed by atoms with E-state index in [2.05, 4.69) is 0 Å². The molecule has 0 bridgehead atoms. The number of thiophene rings is 1. The first kappa shape index (κ1) is 14.9. The number of rotatable bonds is 8. The summed E-state index contributed by atoms with van der Waals surface area (Å²) in [6.07, 6.45) is 2.49. The molecule has 1 aliphatic carbocycles. The van der Waals surface area contributed by atoms with Crippen molar-refractivity contribution < 1.29 is 14.5 Å². The van der Waals surface area contributed by atoms with Gasteiger partial charge in [0.1, 0.15) is 0 Å². The molecular weight excluding hydrogens is 280 g/mol. The van der Waals surface area contributed by atoms with E-state index in [1.165, 1.54) is 25.8 Å². The summed E-state index contributed by atoms with van der Waals surface area (Å²) in [7, 11) is 1.78. The Morgan fingerprint density at radius 3 is 2.85 bits per heavy atom. The number of hydrogen-bond acceptors (Lipinski definition) is 6. The number of nitrogens with zero attached hydrogens (tertiary/aromatic N) is 2. The maximum absolute atomic E-state index is 11.3. The van der Waals surface area contributed by atoms with Crippen LogP contribution in [0.1, 0.15) is 29.4 Å². The molecular formula is C13H18N2O4S. The fraction of sp³-hybridized carbons (Fsp3) is 0.615. The van der Waals surface area contributed by atoms with Crippen LogP contribution in [0.25, 0.3) is 0 Å². The van der Waals surface area contributed by atoms with Gasteiger partial charge in [0.05, 0.1) is 16.4 Å². The molecule has 1 fully saturated rings. The summed E-state index contributed by atoms with van der Waals surface area (Å²) in [5.41, 5.74) is -0.00936. The highest BCUT2D eigenvalue weighted by atomic mass is 32.1. The summed E-state index contributed by atoms with van der Waals surface area (Å²) in [6.45, 7) is 3.31. The molecule has 0 amide bonds. The molecule has 2 rings (SSSR count). The third-order valence-corrected chi connectivity index (χ3v) is 4.54. The van der Waals surface area contributed by atoms with Crippen LogP contribution in [0.4, 0.5) is 10.7 Å². The molecule has 6 nitrogen and oxygen atoms in total. The lowest BCUT2D eigenvalue weighted by molar-refractivity contribution is -0.383. The van der Waals surface area contributed by atoms with E-state index in [0.29, 0.717) is 28.9 Å².